The molecular weight excluding hydrogens is 346 g/mol. The summed E-state index contributed by atoms with van der Waals surface area (Å²) in [5.41, 5.74) is 2.28. The molecule has 1 aromatic carbocycles. The molecule has 0 aliphatic rings. The maximum Gasteiger partial charge on any atom is 0.268 e. The summed E-state index contributed by atoms with van der Waals surface area (Å²) in [5, 5.41) is 7.82. The van der Waals surface area contributed by atoms with Gasteiger partial charge in [-0.15, -0.1) is 11.3 Å². The Morgan fingerprint density at radius 2 is 2.00 bits per heavy atom. The van der Waals surface area contributed by atoms with E-state index in [1.54, 1.807) is 11.3 Å². The lowest BCUT2D eigenvalue weighted by atomic mass is 10.1. The molecule has 2 amide bonds. The minimum absolute atomic E-state index is 0.120. The predicted octanol–water partition coefficient (Wildman–Crippen LogP) is 4.05. The summed E-state index contributed by atoms with van der Waals surface area (Å²) in [4.78, 5) is 25.1. The molecule has 0 aliphatic carbocycles. The van der Waals surface area contributed by atoms with E-state index in [1.165, 1.54) is 11.8 Å². The molecule has 1 unspecified atom stereocenters. The zero-order chi connectivity index (χ0) is 18.5. The van der Waals surface area contributed by atoms with Crippen LogP contribution in [0.25, 0.3) is 0 Å². The molecule has 0 fully saturated rings. The number of nitrogens with zero attached hydrogens (tertiary/aromatic N) is 1. The number of hydrogen-bond donors (Lipinski definition) is 2. The Kier molecular flexibility index (Phi) is 5.53. The molecule has 2 N–H and O–H groups in total. The van der Waals surface area contributed by atoms with E-state index in [1.807, 2.05) is 65.5 Å². The van der Waals surface area contributed by atoms with E-state index >= 15 is 0 Å². The Morgan fingerprint density at radius 1 is 1.15 bits per heavy atom. The van der Waals surface area contributed by atoms with Crippen molar-refractivity contribution < 1.29 is 9.59 Å². The van der Waals surface area contributed by atoms with Gasteiger partial charge in [0.15, 0.2) is 0 Å². The smallest absolute Gasteiger partial charge is 0.268 e. The summed E-state index contributed by atoms with van der Waals surface area (Å²) in [5.74, 6) is -0.241. The normalized spacial score (nSPS) is 11.8. The van der Waals surface area contributed by atoms with E-state index in [2.05, 4.69) is 16.7 Å². The second-order valence-electron chi connectivity index (χ2n) is 6.10. The van der Waals surface area contributed by atoms with Crippen molar-refractivity contribution in [1.29, 1.82) is 0 Å². The molecule has 0 radical (unpaired) electrons. The summed E-state index contributed by atoms with van der Waals surface area (Å²) in [6, 6.07) is 15.1. The lowest BCUT2D eigenvalue weighted by Gasteiger charge is -2.16. The standard InChI is InChI=1S/C20H21N3O2S/c1-14(16-6-3-7-17(12-16)22-15(2)24)21-20(25)19-9-4-10-23(19)13-18-8-5-11-26-18/h3-12,14H,13H2,1-2H3,(H,21,25)(H,22,24). The number of thiophene rings is 1. The zero-order valence-electron chi connectivity index (χ0n) is 14.7. The van der Waals surface area contributed by atoms with Crippen molar-refractivity contribution in [3.05, 3.63) is 76.2 Å². The second kappa shape index (κ2) is 8.01. The number of carbonyl (C=O) groups is 2. The van der Waals surface area contributed by atoms with Gasteiger partial charge in [-0.05, 0) is 48.2 Å². The molecule has 5 nitrogen and oxygen atoms in total. The molecule has 0 saturated heterocycles. The Morgan fingerprint density at radius 3 is 2.73 bits per heavy atom. The van der Waals surface area contributed by atoms with Crippen LogP contribution in [0.2, 0.25) is 0 Å². The Hall–Kier alpha value is -2.86. The highest BCUT2D eigenvalue weighted by molar-refractivity contribution is 7.09. The maximum absolute atomic E-state index is 12.7. The van der Waals surface area contributed by atoms with Crippen LogP contribution in [0.3, 0.4) is 0 Å². The summed E-state index contributed by atoms with van der Waals surface area (Å²) >= 11 is 1.67. The van der Waals surface area contributed by atoms with Crippen molar-refractivity contribution in [3.8, 4) is 0 Å². The zero-order valence-corrected chi connectivity index (χ0v) is 15.5. The fourth-order valence-electron chi connectivity index (χ4n) is 2.77. The van der Waals surface area contributed by atoms with Crippen molar-refractivity contribution in [1.82, 2.24) is 9.88 Å². The average molecular weight is 367 g/mol. The van der Waals surface area contributed by atoms with Gasteiger partial charge in [0.2, 0.25) is 5.91 Å². The molecule has 2 aromatic heterocycles. The third kappa shape index (κ3) is 4.40. The van der Waals surface area contributed by atoms with Gasteiger partial charge in [0.1, 0.15) is 5.69 Å². The van der Waals surface area contributed by atoms with Crippen LogP contribution < -0.4 is 10.6 Å². The van der Waals surface area contributed by atoms with Gasteiger partial charge < -0.3 is 15.2 Å². The SMILES string of the molecule is CC(=O)Nc1cccc(C(C)NC(=O)c2cccn2Cc2cccs2)c1. The molecule has 2 heterocycles. The molecule has 6 heteroatoms. The predicted molar refractivity (Wildman–Crippen MR) is 104 cm³/mol. The number of amides is 2. The number of benzene rings is 1. The van der Waals surface area contributed by atoms with E-state index in [9.17, 15) is 9.59 Å². The van der Waals surface area contributed by atoms with Crippen LogP contribution in [-0.4, -0.2) is 16.4 Å². The maximum atomic E-state index is 12.7. The quantitative estimate of drug-likeness (QED) is 0.690. The van der Waals surface area contributed by atoms with Crippen LogP contribution in [0.1, 0.15) is 40.8 Å². The van der Waals surface area contributed by atoms with Gasteiger partial charge in [-0.25, -0.2) is 0 Å². The third-order valence-corrected chi connectivity index (χ3v) is 4.88. The van der Waals surface area contributed by atoms with Crippen LogP contribution in [0.4, 0.5) is 5.69 Å². The fraction of sp³-hybridized carbons (Fsp3) is 0.200. The topological polar surface area (TPSA) is 63.1 Å². The van der Waals surface area contributed by atoms with Gasteiger partial charge in [0.05, 0.1) is 12.6 Å². The van der Waals surface area contributed by atoms with Gasteiger partial charge in [0.25, 0.3) is 5.91 Å². The van der Waals surface area contributed by atoms with Crippen molar-refractivity contribution in [3.63, 3.8) is 0 Å². The minimum Gasteiger partial charge on any atom is -0.344 e. The average Bonchev–Trinajstić information content (AvgIpc) is 3.26. The van der Waals surface area contributed by atoms with Gasteiger partial charge in [-0.2, -0.15) is 0 Å². The van der Waals surface area contributed by atoms with E-state index in [0.717, 1.165) is 11.3 Å². The first-order valence-electron chi connectivity index (χ1n) is 8.39. The highest BCUT2D eigenvalue weighted by Gasteiger charge is 2.15. The van der Waals surface area contributed by atoms with Crippen LogP contribution in [0, 0.1) is 0 Å². The Balaban J connectivity index is 1.70. The van der Waals surface area contributed by atoms with Gasteiger partial charge >= 0.3 is 0 Å². The molecule has 0 saturated carbocycles. The van der Waals surface area contributed by atoms with E-state index in [4.69, 9.17) is 0 Å². The fourth-order valence-corrected chi connectivity index (χ4v) is 3.47. The molecule has 0 aliphatic heterocycles. The Bertz CT molecular complexity index is 899. The van der Waals surface area contributed by atoms with Crippen LogP contribution in [0.15, 0.2) is 60.1 Å². The van der Waals surface area contributed by atoms with Crippen LogP contribution in [-0.2, 0) is 11.3 Å². The molecule has 1 atom stereocenters. The molecule has 3 rings (SSSR count). The van der Waals surface area contributed by atoms with Crippen molar-refractivity contribution in [2.24, 2.45) is 0 Å². The van der Waals surface area contributed by atoms with Gasteiger partial charge in [0, 0.05) is 23.7 Å². The van der Waals surface area contributed by atoms with Crippen LogP contribution in [0.5, 0.6) is 0 Å². The van der Waals surface area contributed by atoms with Gasteiger partial charge in [-0.1, -0.05) is 18.2 Å². The number of nitrogens with one attached hydrogen (secondary N) is 2. The molecule has 0 bridgehead atoms. The summed E-state index contributed by atoms with van der Waals surface area (Å²) in [7, 11) is 0. The summed E-state index contributed by atoms with van der Waals surface area (Å²) in [6.45, 7) is 4.08. The summed E-state index contributed by atoms with van der Waals surface area (Å²) in [6.07, 6.45) is 1.91. The minimum atomic E-state index is -0.179. The lowest BCUT2D eigenvalue weighted by molar-refractivity contribution is -0.114. The first-order chi connectivity index (χ1) is 12.5. The first kappa shape index (κ1) is 17.9. The largest absolute Gasteiger partial charge is 0.344 e. The number of aromatic nitrogens is 1. The third-order valence-electron chi connectivity index (χ3n) is 4.02. The number of carbonyl (C=O) groups excluding carboxylic acids is 2. The number of rotatable bonds is 6. The monoisotopic (exact) mass is 367 g/mol. The molecule has 3 aromatic rings. The molecular formula is C20H21N3O2S. The molecule has 0 spiro atoms. The van der Waals surface area contributed by atoms with E-state index < -0.39 is 0 Å². The highest BCUT2D eigenvalue weighted by Crippen LogP contribution is 2.19. The summed E-state index contributed by atoms with van der Waals surface area (Å²) < 4.78 is 1.95. The number of anilines is 1. The highest BCUT2D eigenvalue weighted by atomic mass is 32.1. The first-order valence-corrected chi connectivity index (χ1v) is 9.27. The van der Waals surface area contributed by atoms with Crippen molar-refractivity contribution in [2.45, 2.75) is 26.4 Å². The molecule has 134 valence electrons. The van der Waals surface area contributed by atoms with Crippen LogP contribution >= 0.6 is 11.3 Å². The van der Waals surface area contributed by atoms with E-state index in [-0.39, 0.29) is 17.9 Å². The Labute approximate surface area is 156 Å². The molecule has 26 heavy (non-hydrogen) atoms. The second-order valence-corrected chi connectivity index (χ2v) is 7.13. The van der Waals surface area contributed by atoms with Gasteiger partial charge in [-0.3, -0.25) is 9.59 Å². The van der Waals surface area contributed by atoms with Crippen molar-refractivity contribution in [2.75, 3.05) is 5.32 Å². The lowest BCUT2D eigenvalue weighted by Crippen LogP contribution is -2.28. The number of hydrogen-bond acceptors (Lipinski definition) is 3. The van der Waals surface area contributed by atoms with E-state index in [0.29, 0.717) is 12.2 Å². The van der Waals surface area contributed by atoms with Crippen molar-refractivity contribution >= 4 is 28.8 Å².